The van der Waals surface area contributed by atoms with E-state index in [1.54, 1.807) is 4.90 Å². The number of aliphatic carboxylic acids is 1. The number of anilines is 1. The second-order valence-corrected chi connectivity index (χ2v) is 5.23. The van der Waals surface area contributed by atoms with Gasteiger partial charge in [0.25, 0.3) is 0 Å². The van der Waals surface area contributed by atoms with Crippen molar-refractivity contribution in [3.63, 3.8) is 0 Å². The number of hydrogen-bond donors (Lipinski definition) is 1. The summed E-state index contributed by atoms with van der Waals surface area (Å²) in [5.41, 5.74) is -0.960. The molecule has 0 aromatic carbocycles. The molecule has 0 aliphatic carbocycles. The minimum absolute atomic E-state index is 0.0484. The van der Waals surface area contributed by atoms with Crippen molar-refractivity contribution in [1.29, 1.82) is 0 Å². The van der Waals surface area contributed by atoms with Gasteiger partial charge in [-0.1, -0.05) is 0 Å². The molecular weight excluding hydrogens is 301 g/mol. The van der Waals surface area contributed by atoms with Gasteiger partial charge in [-0.05, 0) is 13.0 Å². The van der Waals surface area contributed by atoms with Gasteiger partial charge in [-0.3, -0.25) is 9.69 Å². The molecule has 6 nitrogen and oxygen atoms in total. The highest BCUT2D eigenvalue weighted by atomic mass is 19.4. The zero-order valence-corrected chi connectivity index (χ0v) is 12.0. The van der Waals surface area contributed by atoms with E-state index in [-0.39, 0.29) is 18.4 Å². The van der Waals surface area contributed by atoms with Gasteiger partial charge in [0.15, 0.2) is 0 Å². The van der Waals surface area contributed by atoms with Gasteiger partial charge in [0, 0.05) is 38.4 Å². The Bertz CT molecular complexity index is 538. The summed E-state index contributed by atoms with van der Waals surface area (Å²) in [5, 5.41) is 8.68. The lowest BCUT2D eigenvalue weighted by Crippen LogP contribution is -2.53. The molecule has 1 aromatic heterocycles. The van der Waals surface area contributed by atoms with E-state index >= 15 is 0 Å². The summed E-state index contributed by atoms with van der Waals surface area (Å²) in [6.07, 6.45) is -3.34. The zero-order valence-electron chi connectivity index (χ0n) is 12.0. The quantitative estimate of drug-likeness (QED) is 0.907. The Balaban J connectivity index is 2.04. The minimum atomic E-state index is -4.50. The summed E-state index contributed by atoms with van der Waals surface area (Å²) in [4.78, 5) is 21.8. The van der Waals surface area contributed by atoms with Crippen molar-refractivity contribution in [2.75, 3.05) is 31.1 Å². The molecule has 9 heteroatoms. The predicted molar refractivity (Wildman–Crippen MR) is 72.5 cm³/mol. The third-order valence-corrected chi connectivity index (χ3v) is 3.54. The molecule has 1 atom stereocenters. The van der Waals surface area contributed by atoms with E-state index < -0.39 is 17.8 Å². The third kappa shape index (κ3) is 4.06. The summed E-state index contributed by atoms with van der Waals surface area (Å²) < 4.78 is 38.1. The van der Waals surface area contributed by atoms with Crippen molar-refractivity contribution < 1.29 is 23.1 Å². The van der Waals surface area contributed by atoms with Crippen molar-refractivity contribution in [3.05, 3.63) is 18.0 Å². The highest BCUT2D eigenvalue weighted by molar-refractivity contribution is 5.66. The van der Waals surface area contributed by atoms with Gasteiger partial charge >= 0.3 is 12.1 Å². The fourth-order valence-corrected chi connectivity index (χ4v) is 2.43. The van der Waals surface area contributed by atoms with Crippen molar-refractivity contribution >= 4 is 11.9 Å². The Morgan fingerprint density at radius 1 is 1.45 bits per heavy atom. The number of carboxylic acid groups (broad SMARTS) is 1. The average molecular weight is 318 g/mol. The van der Waals surface area contributed by atoms with E-state index in [4.69, 9.17) is 5.11 Å². The molecule has 1 N–H and O–H groups in total. The number of carbonyl (C=O) groups is 1. The predicted octanol–water partition coefficient (Wildman–Crippen LogP) is 1.48. The van der Waals surface area contributed by atoms with E-state index in [2.05, 4.69) is 9.97 Å². The topological polar surface area (TPSA) is 69.6 Å². The Morgan fingerprint density at radius 2 is 2.18 bits per heavy atom. The maximum absolute atomic E-state index is 12.7. The number of nitrogens with zero attached hydrogens (tertiary/aromatic N) is 4. The molecule has 1 aromatic rings. The highest BCUT2D eigenvalue weighted by Gasteiger charge is 2.34. The van der Waals surface area contributed by atoms with Crippen LogP contribution in [-0.2, 0) is 11.0 Å². The van der Waals surface area contributed by atoms with E-state index in [0.717, 1.165) is 12.3 Å². The van der Waals surface area contributed by atoms with Gasteiger partial charge in [-0.25, -0.2) is 9.97 Å². The van der Waals surface area contributed by atoms with E-state index in [1.165, 1.54) is 0 Å². The molecule has 0 bridgehead atoms. The van der Waals surface area contributed by atoms with E-state index in [0.29, 0.717) is 26.2 Å². The molecule has 1 unspecified atom stereocenters. The molecule has 22 heavy (non-hydrogen) atoms. The number of alkyl halides is 3. The van der Waals surface area contributed by atoms with Crippen LogP contribution in [0.1, 0.15) is 19.0 Å². The largest absolute Gasteiger partial charge is 0.481 e. The Labute approximate surface area is 125 Å². The summed E-state index contributed by atoms with van der Waals surface area (Å²) >= 11 is 0. The smallest absolute Gasteiger partial charge is 0.433 e. The number of carboxylic acids is 1. The van der Waals surface area contributed by atoms with Crippen LogP contribution in [-0.4, -0.2) is 58.2 Å². The number of piperazine rings is 1. The number of aromatic nitrogens is 2. The standard InChI is InChI=1S/C13H17F3N4O2/c1-9-8-19(5-3-11(21)22)6-7-20(9)12-17-4-2-10(18-12)13(14,15)16/h2,4,9H,3,5-8H2,1H3,(H,21,22). The first-order chi connectivity index (χ1) is 10.3. The van der Waals surface area contributed by atoms with Crippen LogP contribution in [0.15, 0.2) is 12.3 Å². The molecule has 0 saturated carbocycles. The fourth-order valence-electron chi connectivity index (χ4n) is 2.43. The monoisotopic (exact) mass is 318 g/mol. The average Bonchev–Trinajstić information content (AvgIpc) is 2.44. The maximum Gasteiger partial charge on any atom is 0.433 e. The summed E-state index contributed by atoms with van der Waals surface area (Å²) in [6, 6.07) is 0.753. The normalized spacial score (nSPS) is 20.2. The second-order valence-electron chi connectivity index (χ2n) is 5.23. The zero-order chi connectivity index (χ0) is 16.3. The molecule has 0 radical (unpaired) electrons. The highest BCUT2D eigenvalue weighted by Crippen LogP contribution is 2.28. The molecule has 1 aliphatic rings. The van der Waals surface area contributed by atoms with Gasteiger partial charge in [0.1, 0.15) is 5.69 Å². The van der Waals surface area contributed by atoms with Crippen molar-refractivity contribution in [2.45, 2.75) is 25.6 Å². The molecule has 0 spiro atoms. The molecule has 1 saturated heterocycles. The number of hydrogen-bond acceptors (Lipinski definition) is 5. The number of rotatable bonds is 4. The van der Waals surface area contributed by atoms with Crippen LogP contribution < -0.4 is 4.90 Å². The molecular formula is C13H17F3N4O2. The summed E-state index contributed by atoms with van der Waals surface area (Å²) in [5.74, 6) is -0.809. The SMILES string of the molecule is CC1CN(CCC(=O)O)CCN1c1nccc(C(F)(F)F)n1. The molecule has 122 valence electrons. The maximum atomic E-state index is 12.7. The van der Waals surface area contributed by atoms with Crippen molar-refractivity contribution in [1.82, 2.24) is 14.9 Å². The Hall–Kier alpha value is -1.90. The lowest BCUT2D eigenvalue weighted by molar-refractivity contribution is -0.141. The van der Waals surface area contributed by atoms with Crippen molar-refractivity contribution in [2.24, 2.45) is 0 Å². The first-order valence-corrected chi connectivity index (χ1v) is 6.88. The Morgan fingerprint density at radius 3 is 2.77 bits per heavy atom. The summed E-state index contributed by atoms with van der Waals surface area (Å²) in [6.45, 7) is 3.87. The molecule has 2 rings (SSSR count). The van der Waals surface area contributed by atoms with Crippen LogP contribution in [0.2, 0.25) is 0 Å². The fraction of sp³-hybridized carbons (Fsp3) is 0.615. The first-order valence-electron chi connectivity index (χ1n) is 6.88. The lowest BCUT2D eigenvalue weighted by atomic mass is 10.2. The van der Waals surface area contributed by atoms with Crippen LogP contribution in [0.3, 0.4) is 0 Å². The molecule has 0 amide bonds. The molecule has 2 heterocycles. The van der Waals surface area contributed by atoms with Gasteiger partial charge in [0.2, 0.25) is 5.95 Å². The third-order valence-electron chi connectivity index (χ3n) is 3.54. The van der Waals surface area contributed by atoms with E-state index in [9.17, 15) is 18.0 Å². The molecule has 1 fully saturated rings. The Kier molecular flexibility index (Phi) is 4.84. The lowest BCUT2D eigenvalue weighted by Gasteiger charge is -2.39. The first kappa shape index (κ1) is 16.5. The van der Waals surface area contributed by atoms with Gasteiger partial charge in [0.05, 0.1) is 6.42 Å². The summed E-state index contributed by atoms with van der Waals surface area (Å²) in [7, 11) is 0. The van der Waals surface area contributed by atoms with E-state index in [1.807, 2.05) is 11.8 Å². The van der Waals surface area contributed by atoms with Gasteiger partial charge in [-0.15, -0.1) is 0 Å². The van der Waals surface area contributed by atoms with Gasteiger partial charge < -0.3 is 10.0 Å². The second kappa shape index (κ2) is 6.47. The number of halogens is 3. The van der Waals surface area contributed by atoms with Crippen LogP contribution in [0, 0.1) is 0 Å². The van der Waals surface area contributed by atoms with Crippen LogP contribution >= 0.6 is 0 Å². The minimum Gasteiger partial charge on any atom is -0.481 e. The molecule has 1 aliphatic heterocycles. The van der Waals surface area contributed by atoms with Crippen molar-refractivity contribution in [3.8, 4) is 0 Å². The van der Waals surface area contributed by atoms with Gasteiger partial charge in [-0.2, -0.15) is 13.2 Å². The van der Waals surface area contributed by atoms with Crippen LogP contribution in [0.5, 0.6) is 0 Å². The van der Waals surface area contributed by atoms with Crippen LogP contribution in [0.25, 0.3) is 0 Å². The van der Waals surface area contributed by atoms with Crippen LogP contribution in [0.4, 0.5) is 19.1 Å².